The number of allylic oxidation sites excluding steroid dienone is 4. The van der Waals surface area contributed by atoms with Crippen molar-refractivity contribution in [1.29, 1.82) is 0 Å². The van der Waals surface area contributed by atoms with Crippen LogP contribution in [0.1, 0.15) is 79.3 Å². The van der Waals surface area contributed by atoms with Crippen LogP contribution in [0.25, 0.3) is 0 Å². The molecule has 234 valence electrons. The molecule has 4 nitrogen and oxygen atoms in total. The van der Waals surface area contributed by atoms with Crippen LogP contribution in [0.3, 0.4) is 0 Å². The third-order valence-electron chi connectivity index (χ3n) is 10.7. The summed E-state index contributed by atoms with van der Waals surface area (Å²) in [5.41, 5.74) is -0.264. The van der Waals surface area contributed by atoms with Gasteiger partial charge in [0.05, 0.1) is 0 Å². The molecule has 44 heavy (non-hydrogen) atoms. The first kappa shape index (κ1) is 31.0. The normalized spacial score (nSPS) is 30.3. The Morgan fingerprint density at radius 2 is 1.77 bits per heavy atom. The molecule has 10 heteroatoms. The summed E-state index contributed by atoms with van der Waals surface area (Å²) in [5.74, 6) is -7.05. The van der Waals surface area contributed by atoms with E-state index in [1.54, 1.807) is 48.5 Å². The monoisotopic (exact) mass is 633 g/mol. The number of fused-ring (bicyclic) bond motifs is 4. The molecule has 0 radical (unpaired) electrons. The third-order valence-corrected chi connectivity index (χ3v) is 10.9. The van der Waals surface area contributed by atoms with Gasteiger partial charge in [-0.1, -0.05) is 48.4 Å². The Balaban J connectivity index is 1.37. The summed E-state index contributed by atoms with van der Waals surface area (Å²) in [6.45, 7) is 1.65. The van der Waals surface area contributed by atoms with Crippen molar-refractivity contribution in [2.75, 3.05) is 0 Å². The first-order valence-electron chi connectivity index (χ1n) is 14.9. The summed E-state index contributed by atoms with van der Waals surface area (Å²) < 4.78 is 71.7. The molecule has 6 rings (SSSR count). The van der Waals surface area contributed by atoms with Crippen molar-refractivity contribution in [2.24, 2.45) is 17.3 Å². The molecule has 2 saturated carbocycles. The van der Waals surface area contributed by atoms with E-state index in [1.807, 2.05) is 6.07 Å². The standard InChI is InChI=1S/C34H33ClF5NO3/c1-31-17-27(20-5-7-21(8-6-20)30(43)41-18-19-3-2-4-23(35)15-19)29-25-12-10-24(42)16-22(25)9-11-26(29)28(31)13-14-32(31,44)33(36,37)34(38,39)40/h2-8,15-16,26-28,44H,9-14,17-18H2,1H3,(H,41,43)/t26-,27+,28-,31-,32-/m0/s1. The molecule has 0 spiro atoms. The molecular weight excluding hydrogens is 601 g/mol. The first-order valence-corrected chi connectivity index (χ1v) is 15.3. The fraction of sp³-hybridized carbons (Fsp3) is 0.471. The van der Waals surface area contributed by atoms with Crippen molar-refractivity contribution < 1.29 is 36.6 Å². The molecule has 0 unspecified atom stereocenters. The average Bonchev–Trinajstić information content (AvgIpc) is 3.26. The van der Waals surface area contributed by atoms with Crippen LogP contribution in [-0.4, -0.2) is 34.5 Å². The number of halogens is 6. The number of amides is 1. The summed E-state index contributed by atoms with van der Waals surface area (Å²) in [6, 6.07) is 13.7. The predicted molar refractivity (Wildman–Crippen MR) is 155 cm³/mol. The Hall–Kier alpha value is -3.04. The predicted octanol–water partition coefficient (Wildman–Crippen LogP) is 8.10. The molecule has 4 aliphatic rings. The fourth-order valence-electron chi connectivity index (χ4n) is 8.51. The second-order valence-electron chi connectivity index (χ2n) is 12.9. The minimum atomic E-state index is -5.90. The number of alkyl halides is 5. The Kier molecular flexibility index (Phi) is 7.60. The molecule has 0 aliphatic heterocycles. The molecule has 1 amide bonds. The van der Waals surface area contributed by atoms with Crippen molar-refractivity contribution in [3.63, 3.8) is 0 Å². The van der Waals surface area contributed by atoms with E-state index < -0.39 is 41.4 Å². The molecule has 2 aromatic carbocycles. The highest BCUT2D eigenvalue weighted by molar-refractivity contribution is 6.30. The highest BCUT2D eigenvalue weighted by Gasteiger charge is 2.79. The summed E-state index contributed by atoms with van der Waals surface area (Å²) in [7, 11) is 0. The van der Waals surface area contributed by atoms with E-state index in [2.05, 4.69) is 5.32 Å². The van der Waals surface area contributed by atoms with Gasteiger partial charge in [-0.25, -0.2) is 0 Å². The van der Waals surface area contributed by atoms with E-state index in [0.29, 0.717) is 41.8 Å². The van der Waals surface area contributed by atoms with Crippen molar-refractivity contribution in [3.05, 3.63) is 93.0 Å². The maximum absolute atomic E-state index is 15.2. The van der Waals surface area contributed by atoms with Crippen LogP contribution in [0.5, 0.6) is 0 Å². The maximum atomic E-state index is 15.2. The number of carbonyl (C=O) groups is 2. The second-order valence-corrected chi connectivity index (χ2v) is 13.3. The number of carbonyl (C=O) groups excluding carboxylic acids is 2. The molecular formula is C34H33ClF5NO3. The van der Waals surface area contributed by atoms with E-state index in [-0.39, 0.29) is 37.0 Å². The van der Waals surface area contributed by atoms with Crippen molar-refractivity contribution >= 4 is 23.3 Å². The van der Waals surface area contributed by atoms with Crippen LogP contribution in [-0.2, 0) is 11.3 Å². The number of hydrogen-bond donors (Lipinski definition) is 2. The van der Waals surface area contributed by atoms with E-state index in [1.165, 1.54) is 6.92 Å². The summed E-state index contributed by atoms with van der Waals surface area (Å²) in [5, 5.41) is 14.8. The van der Waals surface area contributed by atoms with Gasteiger partial charge in [-0.15, -0.1) is 0 Å². The fourth-order valence-corrected chi connectivity index (χ4v) is 8.73. The average molecular weight is 634 g/mol. The van der Waals surface area contributed by atoms with Gasteiger partial charge in [-0.3, -0.25) is 9.59 Å². The largest absolute Gasteiger partial charge is 0.456 e. The lowest BCUT2D eigenvalue weighted by Crippen LogP contribution is -2.65. The third kappa shape index (κ3) is 4.82. The smallest absolute Gasteiger partial charge is 0.383 e. The molecule has 2 fully saturated rings. The van der Waals surface area contributed by atoms with Gasteiger partial charge in [0.15, 0.2) is 5.78 Å². The van der Waals surface area contributed by atoms with Gasteiger partial charge in [0.2, 0.25) is 0 Å². The van der Waals surface area contributed by atoms with E-state index in [9.17, 15) is 27.9 Å². The van der Waals surface area contributed by atoms with Gasteiger partial charge in [0.1, 0.15) is 5.60 Å². The second kappa shape index (κ2) is 10.8. The van der Waals surface area contributed by atoms with Gasteiger partial charge in [0, 0.05) is 34.9 Å². The van der Waals surface area contributed by atoms with Crippen molar-refractivity contribution in [3.8, 4) is 0 Å². The molecule has 2 N–H and O–H groups in total. The lowest BCUT2D eigenvalue weighted by Gasteiger charge is -2.56. The van der Waals surface area contributed by atoms with Gasteiger partial charge >= 0.3 is 12.1 Å². The molecule has 0 saturated heterocycles. The molecule has 0 aromatic heterocycles. The van der Waals surface area contributed by atoms with Crippen LogP contribution in [0.15, 0.2) is 71.3 Å². The zero-order valence-electron chi connectivity index (χ0n) is 24.1. The number of ketones is 1. The maximum Gasteiger partial charge on any atom is 0.456 e. The lowest BCUT2D eigenvalue weighted by atomic mass is 9.50. The summed E-state index contributed by atoms with van der Waals surface area (Å²) in [6.07, 6.45) is -3.13. The van der Waals surface area contributed by atoms with Crippen LogP contribution in [0.2, 0.25) is 5.02 Å². The highest BCUT2D eigenvalue weighted by Crippen LogP contribution is 2.70. The highest BCUT2D eigenvalue weighted by atomic mass is 35.5. The lowest BCUT2D eigenvalue weighted by molar-refractivity contribution is -0.362. The van der Waals surface area contributed by atoms with Gasteiger partial charge < -0.3 is 10.4 Å². The number of nitrogens with one attached hydrogen (secondary N) is 1. The molecule has 0 bridgehead atoms. The van der Waals surface area contributed by atoms with Crippen LogP contribution in [0, 0.1) is 17.3 Å². The number of rotatable bonds is 5. The Bertz CT molecular complexity index is 1570. The number of aliphatic hydroxyl groups is 1. The van der Waals surface area contributed by atoms with Crippen LogP contribution < -0.4 is 5.32 Å². The summed E-state index contributed by atoms with van der Waals surface area (Å²) >= 11 is 6.03. The van der Waals surface area contributed by atoms with Crippen LogP contribution >= 0.6 is 11.6 Å². The Labute approximate surface area is 257 Å². The Morgan fingerprint density at radius 1 is 1.05 bits per heavy atom. The van der Waals surface area contributed by atoms with Gasteiger partial charge in [-0.05, 0) is 103 Å². The number of hydrogen-bond acceptors (Lipinski definition) is 3. The number of benzene rings is 2. The zero-order valence-corrected chi connectivity index (χ0v) is 24.9. The van der Waals surface area contributed by atoms with Gasteiger partial charge in [0.25, 0.3) is 5.91 Å². The quantitative estimate of drug-likeness (QED) is 0.327. The molecule has 2 aromatic rings. The molecule has 4 aliphatic carbocycles. The summed E-state index contributed by atoms with van der Waals surface area (Å²) in [4.78, 5) is 25.2. The van der Waals surface area contributed by atoms with E-state index >= 15 is 8.78 Å². The van der Waals surface area contributed by atoms with E-state index in [4.69, 9.17) is 11.6 Å². The van der Waals surface area contributed by atoms with Crippen LogP contribution in [0.4, 0.5) is 22.0 Å². The Morgan fingerprint density at radius 3 is 2.45 bits per heavy atom. The SMILES string of the molecule is C[C@]12C[C@H](c3ccc(C(=O)NCc4cccc(Cl)c4)cc3)C3=C4CCC(=O)C=C4CC[C@H]3[C@@H]1CC[C@@]2(O)C(F)(F)C(F)(F)F. The minimum Gasteiger partial charge on any atom is -0.383 e. The molecule has 0 heterocycles. The van der Waals surface area contributed by atoms with Crippen molar-refractivity contribution in [1.82, 2.24) is 5.32 Å². The van der Waals surface area contributed by atoms with Gasteiger partial charge in [-0.2, -0.15) is 22.0 Å². The topological polar surface area (TPSA) is 66.4 Å². The first-order chi connectivity index (χ1) is 20.7. The minimum absolute atomic E-state index is 0.0215. The molecule has 5 atom stereocenters. The zero-order chi connectivity index (χ0) is 31.7. The van der Waals surface area contributed by atoms with Crippen molar-refractivity contribution in [2.45, 2.75) is 82.0 Å². The van der Waals surface area contributed by atoms with E-state index in [0.717, 1.165) is 22.3 Å².